The van der Waals surface area contributed by atoms with Crippen LogP contribution in [0, 0.1) is 6.92 Å². The van der Waals surface area contributed by atoms with E-state index in [0.717, 1.165) is 10.9 Å². The van der Waals surface area contributed by atoms with E-state index in [-0.39, 0.29) is 17.6 Å². The second-order valence-electron chi connectivity index (χ2n) is 6.55. The molecule has 2 N–H and O–H groups in total. The molecule has 4 aromatic rings. The Morgan fingerprint density at radius 3 is 2.28 bits per heavy atom. The number of anilines is 2. The van der Waals surface area contributed by atoms with Crippen molar-refractivity contribution in [3.05, 3.63) is 94.7 Å². The van der Waals surface area contributed by atoms with Crippen LogP contribution < -0.4 is 10.6 Å². The Morgan fingerprint density at radius 1 is 0.862 bits per heavy atom. The molecule has 2 amide bonds. The largest absolute Gasteiger partial charge is 0.452 e. The summed E-state index contributed by atoms with van der Waals surface area (Å²) < 4.78 is 5.83. The van der Waals surface area contributed by atoms with E-state index in [1.54, 1.807) is 48.5 Å². The molecule has 144 valence electrons. The van der Waals surface area contributed by atoms with Crippen molar-refractivity contribution >= 4 is 45.8 Å². The molecule has 0 aliphatic carbocycles. The number of ketones is 1. The average molecular weight is 405 g/mol. The van der Waals surface area contributed by atoms with Crippen LogP contribution in [-0.4, -0.2) is 11.8 Å². The topological polar surface area (TPSA) is 71.3 Å². The minimum Gasteiger partial charge on any atom is -0.452 e. The lowest BCUT2D eigenvalue weighted by Gasteiger charge is -2.07. The Kier molecular flexibility index (Phi) is 5.06. The van der Waals surface area contributed by atoms with E-state index >= 15 is 0 Å². The quantitative estimate of drug-likeness (QED) is 0.394. The lowest BCUT2D eigenvalue weighted by atomic mass is 10.0. The number of halogens is 1. The highest BCUT2D eigenvalue weighted by Gasteiger charge is 2.19. The van der Waals surface area contributed by atoms with Crippen molar-refractivity contribution in [2.75, 3.05) is 10.6 Å². The molecular weight excluding hydrogens is 388 g/mol. The van der Waals surface area contributed by atoms with Gasteiger partial charge in [-0.3, -0.25) is 4.79 Å². The van der Waals surface area contributed by atoms with Crippen molar-refractivity contribution in [3.63, 3.8) is 0 Å². The van der Waals surface area contributed by atoms with Gasteiger partial charge < -0.3 is 15.1 Å². The first kappa shape index (κ1) is 18.8. The van der Waals surface area contributed by atoms with Crippen LogP contribution in [0.1, 0.15) is 21.7 Å². The van der Waals surface area contributed by atoms with Gasteiger partial charge in [-0.25, -0.2) is 4.79 Å². The number of benzene rings is 3. The summed E-state index contributed by atoms with van der Waals surface area (Å²) in [4.78, 5) is 25.0. The van der Waals surface area contributed by atoms with Gasteiger partial charge in [0.05, 0.1) is 0 Å². The van der Waals surface area contributed by atoms with Crippen molar-refractivity contribution < 1.29 is 14.0 Å². The average Bonchev–Trinajstić information content (AvgIpc) is 3.04. The minimum absolute atomic E-state index is 0.216. The molecule has 0 unspecified atom stereocenters. The maximum absolute atomic E-state index is 12.8. The Hall–Kier alpha value is -3.57. The number of hydrogen-bond acceptors (Lipinski definition) is 3. The van der Waals surface area contributed by atoms with E-state index in [4.69, 9.17) is 16.0 Å². The van der Waals surface area contributed by atoms with Crippen LogP contribution in [0.15, 0.2) is 77.2 Å². The molecule has 0 aliphatic rings. The highest BCUT2D eigenvalue weighted by molar-refractivity contribution is 6.30. The minimum atomic E-state index is -0.365. The summed E-state index contributed by atoms with van der Waals surface area (Å²) in [5.41, 5.74) is 3.02. The molecule has 29 heavy (non-hydrogen) atoms. The van der Waals surface area contributed by atoms with Gasteiger partial charge in [0.2, 0.25) is 5.78 Å². The molecule has 1 heterocycles. The molecule has 4 rings (SSSR count). The van der Waals surface area contributed by atoms with E-state index in [2.05, 4.69) is 10.6 Å². The van der Waals surface area contributed by atoms with Crippen LogP contribution in [0.5, 0.6) is 0 Å². The Bertz CT molecular complexity index is 1200. The van der Waals surface area contributed by atoms with E-state index in [0.29, 0.717) is 27.5 Å². The summed E-state index contributed by atoms with van der Waals surface area (Å²) >= 11 is 5.89. The van der Waals surface area contributed by atoms with Crippen LogP contribution >= 0.6 is 11.6 Å². The fraction of sp³-hybridized carbons (Fsp3) is 0.0435. The number of para-hydroxylation sites is 1. The first-order valence-corrected chi connectivity index (χ1v) is 9.35. The molecule has 0 saturated carbocycles. The van der Waals surface area contributed by atoms with Gasteiger partial charge in [-0.2, -0.15) is 0 Å². The smallest absolute Gasteiger partial charge is 0.323 e. The second-order valence-corrected chi connectivity index (χ2v) is 6.98. The Labute approximate surface area is 172 Å². The number of carbonyl (C=O) groups excluding carboxylic acids is 2. The molecule has 0 aliphatic heterocycles. The summed E-state index contributed by atoms with van der Waals surface area (Å²) in [6.45, 7) is 1.84. The third-order valence-electron chi connectivity index (χ3n) is 4.54. The fourth-order valence-corrected chi connectivity index (χ4v) is 3.19. The number of carbonyl (C=O) groups is 2. The SMILES string of the molecule is Cc1c(C(=O)c2ccc(Cl)cc2)oc2cc(NC(=O)Nc3ccccc3)ccc12. The summed E-state index contributed by atoms with van der Waals surface area (Å²) in [6.07, 6.45) is 0. The monoisotopic (exact) mass is 404 g/mol. The van der Waals surface area contributed by atoms with Gasteiger partial charge in [-0.05, 0) is 55.5 Å². The van der Waals surface area contributed by atoms with E-state index in [9.17, 15) is 9.59 Å². The number of amides is 2. The molecular formula is C23H17ClN2O3. The summed E-state index contributed by atoms with van der Waals surface area (Å²) in [7, 11) is 0. The summed E-state index contributed by atoms with van der Waals surface area (Å²) in [6, 6.07) is 20.7. The zero-order valence-corrected chi connectivity index (χ0v) is 16.3. The summed E-state index contributed by atoms with van der Waals surface area (Å²) in [5.74, 6) is 0.0555. The predicted molar refractivity (Wildman–Crippen MR) is 115 cm³/mol. The first-order valence-electron chi connectivity index (χ1n) is 8.98. The molecule has 0 fully saturated rings. The van der Waals surface area contributed by atoms with Crippen LogP contribution in [0.3, 0.4) is 0 Å². The van der Waals surface area contributed by atoms with E-state index < -0.39 is 0 Å². The molecule has 1 aromatic heterocycles. The number of fused-ring (bicyclic) bond motifs is 1. The maximum Gasteiger partial charge on any atom is 0.323 e. The molecule has 0 saturated heterocycles. The normalized spacial score (nSPS) is 10.7. The van der Waals surface area contributed by atoms with Gasteiger partial charge in [0.25, 0.3) is 0 Å². The first-order chi connectivity index (χ1) is 14.0. The third kappa shape index (κ3) is 4.00. The number of furan rings is 1. The Balaban J connectivity index is 1.57. The van der Waals surface area contributed by atoms with Crippen LogP contribution in [0.4, 0.5) is 16.2 Å². The molecule has 0 bridgehead atoms. The van der Waals surface area contributed by atoms with Crippen LogP contribution in [0.25, 0.3) is 11.0 Å². The highest BCUT2D eigenvalue weighted by Crippen LogP contribution is 2.29. The van der Waals surface area contributed by atoms with Gasteiger partial charge in [0.1, 0.15) is 5.58 Å². The lowest BCUT2D eigenvalue weighted by Crippen LogP contribution is -2.19. The molecule has 0 spiro atoms. The number of urea groups is 1. The summed E-state index contributed by atoms with van der Waals surface area (Å²) in [5, 5.41) is 6.90. The third-order valence-corrected chi connectivity index (χ3v) is 4.79. The van der Waals surface area contributed by atoms with Crippen LogP contribution in [-0.2, 0) is 0 Å². The maximum atomic E-state index is 12.8. The standard InChI is InChI=1S/C23H17ClN2O3/c1-14-19-12-11-18(26-23(28)25-17-5-3-2-4-6-17)13-20(19)29-22(14)21(27)15-7-9-16(24)10-8-15/h2-13H,1H3,(H2,25,26,28). The van der Waals surface area contributed by atoms with Gasteiger partial charge >= 0.3 is 6.03 Å². The Morgan fingerprint density at radius 2 is 1.55 bits per heavy atom. The number of hydrogen-bond donors (Lipinski definition) is 2. The van der Waals surface area contributed by atoms with Crippen molar-refractivity contribution in [1.82, 2.24) is 0 Å². The predicted octanol–water partition coefficient (Wildman–Crippen LogP) is 6.27. The second kappa shape index (κ2) is 7.81. The lowest BCUT2D eigenvalue weighted by molar-refractivity contribution is 0.101. The van der Waals surface area contributed by atoms with Crippen molar-refractivity contribution in [1.29, 1.82) is 0 Å². The molecule has 5 nitrogen and oxygen atoms in total. The zero-order chi connectivity index (χ0) is 20.4. The molecule has 0 atom stereocenters. The molecule has 3 aromatic carbocycles. The number of aryl methyl sites for hydroxylation is 1. The zero-order valence-electron chi connectivity index (χ0n) is 15.5. The van der Waals surface area contributed by atoms with Crippen molar-refractivity contribution in [2.24, 2.45) is 0 Å². The fourth-order valence-electron chi connectivity index (χ4n) is 3.07. The van der Waals surface area contributed by atoms with Gasteiger partial charge in [-0.15, -0.1) is 0 Å². The van der Waals surface area contributed by atoms with Gasteiger partial charge in [0, 0.05) is 39.0 Å². The van der Waals surface area contributed by atoms with Crippen molar-refractivity contribution in [3.8, 4) is 0 Å². The molecule has 6 heteroatoms. The van der Waals surface area contributed by atoms with Gasteiger partial charge in [-0.1, -0.05) is 29.8 Å². The number of nitrogens with one attached hydrogen (secondary N) is 2. The molecule has 0 radical (unpaired) electrons. The van der Waals surface area contributed by atoms with Gasteiger partial charge in [0.15, 0.2) is 5.76 Å². The van der Waals surface area contributed by atoms with E-state index in [1.807, 2.05) is 31.2 Å². The van der Waals surface area contributed by atoms with E-state index in [1.165, 1.54) is 0 Å². The van der Waals surface area contributed by atoms with Crippen LogP contribution in [0.2, 0.25) is 5.02 Å². The van der Waals surface area contributed by atoms with Crippen molar-refractivity contribution in [2.45, 2.75) is 6.92 Å². The highest BCUT2D eigenvalue weighted by atomic mass is 35.5. The number of rotatable bonds is 4.